The molecular formula is C9H9N5OS2. The van der Waals surface area contributed by atoms with E-state index in [1.54, 1.807) is 6.20 Å². The van der Waals surface area contributed by atoms with Crippen LogP contribution in [-0.2, 0) is 0 Å². The molecule has 8 heteroatoms. The number of oxime groups is 1. The molecule has 0 spiro atoms. The van der Waals surface area contributed by atoms with Crippen molar-refractivity contribution in [3.63, 3.8) is 0 Å². The van der Waals surface area contributed by atoms with E-state index in [4.69, 9.17) is 10.9 Å². The lowest BCUT2D eigenvalue weighted by Crippen LogP contribution is -2.16. The molecule has 2 aromatic rings. The van der Waals surface area contributed by atoms with Gasteiger partial charge in [-0.1, -0.05) is 5.16 Å². The third-order valence-corrected chi connectivity index (χ3v) is 3.85. The third-order valence-electron chi connectivity index (χ3n) is 1.80. The Morgan fingerprint density at radius 3 is 2.88 bits per heavy atom. The molecule has 88 valence electrons. The molecule has 0 bridgehead atoms. The number of thiazole rings is 1. The number of nitrogens with two attached hydrogens (primary N) is 1. The summed E-state index contributed by atoms with van der Waals surface area (Å²) in [6, 6.07) is 0. The number of hydrogen-bond acceptors (Lipinski definition) is 7. The Kier molecular flexibility index (Phi) is 3.55. The molecule has 17 heavy (non-hydrogen) atoms. The third kappa shape index (κ3) is 2.71. The molecule has 2 rings (SSSR count). The topological polar surface area (TPSA) is 97.3 Å². The van der Waals surface area contributed by atoms with Crippen LogP contribution in [0.25, 0.3) is 0 Å². The maximum atomic E-state index is 8.66. The molecule has 3 N–H and O–H groups in total. The van der Waals surface area contributed by atoms with Gasteiger partial charge in [0.05, 0.1) is 0 Å². The van der Waals surface area contributed by atoms with Crippen LogP contribution >= 0.6 is 23.1 Å². The molecule has 0 fully saturated rings. The van der Waals surface area contributed by atoms with Gasteiger partial charge in [0.15, 0.2) is 10.2 Å². The molecule has 2 heterocycles. The highest BCUT2D eigenvalue weighted by atomic mass is 32.2. The molecule has 0 saturated heterocycles. The Morgan fingerprint density at radius 1 is 1.47 bits per heavy atom. The van der Waals surface area contributed by atoms with E-state index >= 15 is 0 Å². The lowest BCUT2D eigenvalue weighted by molar-refractivity contribution is 0.318. The predicted octanol–water partition coefficient (Wildman–Crippen LogP) is 1.49. The van der Waals surface area contributed by atoms with Crippen molar-refractivity contribution in [2.24, 2.45) is 10.9 Å². The SMILES string of the molecule is Cc1csc(Sc2nccnc2/C(N)=N/O)n1. The van der Waals surface area contributed by atoms with E-state index in [1.807, 2.05) is 12.3 Å². The second kappa shape index (κ2) is 5.11. The molecule has 0 aliphatic heterocycles. The highest BCUT2D eigenvalue weighted by Crippen LogP contribution is 2.30. The van der Waals surface area contributed by atoms with E-state index in [-0.39, 0.29) is 5.84 Å². The van der Waals surface area contributed by atoms with Crippen LogP contribution in [0.5, 0.6) is 0 Å². The molecule has 6 nitrogen and oxygen atoms in total. The Hall–Kier alpha value is -1.67. The maximum Gasteiger partial charge on any atom is 0.191 e. The van der Waals surface area contributed by atoms with Crippen molar-refractivity contribution < 1.29 is 5.21 Å². The van der Waals surface area contributed by atoms with Gasteiger partial charge in [0, 0.05) is 23.5 Å². The highest BCUT2D eigenvalue weighted by molar-refractivity contribution is 8.01. The summed E-state index contributed by atoms with van der Waals surface area (Å²) in [6.45, 7) is 1.92. The van der Waals surface area contributed by atoms with E-state index in [0.717, 1.165) is 10.0 Å². The Bertz CT molecular complexity index is 554. The molecule has 2 aromatic heterocycles. The van der Waals surface area contributed by atoms with Gasteiger partial charge in [-0.05, 0) is 18.7 Å². The van der Waals surface area contributed by atoms with Gasteiger partial charge in [-0.2, -0.15) is 0 Å². The van der Waals surface area contributed by atoms with Crippen LogP contribution in [-0.4, -0.2) is 26.0 Å². The van der Waals surface area contributed by atoms with E-state index in [0.29, 0.717) is 10.7 Å². The molecule has 0 amide bonds. The smallest absolute Gasteiger partial charge is 0.191 e. The summed E-state index contributed by atoms with van der Waals surface area (Å²) in [5.41, 5.74) is 6.83. The first-order valence-corrected chi connectivity index (χ1v) is 6.29. The van der Waals surface area contributed by atoms with Crippen molar-refractivity contribution in [1.82, 2.24) is 15.0 Å². The van der Waals surface area contributed by atoms with E-state index in [9.17, 15) is 0 Å². The summed E-state index contributed by atoms with van der Waals surface area (Å²) in [5.74, 6) is -0.0612. The first-order chi connectivity index (χ1) is 8.20. The minimum Gasteiger partial charge on any atom is -0.409 e. The quantitative estimate of drug-likeness (QED) is 0.378. The fourth-order valence-electron chi connectivity index (χ4n) is 1.08. The summed E-state index contributed by atoms with van der Waals surface area (Å²) in [6.07, 6.45) is 3.04. The van der Waals surface area contributed by atoms with Gasteiger partial charge >= 0.3 is 0 Å². The molecule has 0 radical (unpaired) electrons. The minimum absolute atomic E-state index is 0.0612. The fraction of sp³-hybridized carbons (Fsp3) is 0.111. The Morgan fingerprint density at radius 2 is 2.24 bits per heavy atom. The molecule has 0 aliphatic rings. The van der Waals surface area contributed by atoms with Crippen molar-refractivity contribution in [3.8, 4) is 0 Å². The largest absolute Gasteiger partial charge is 0.409 e. The second-order valence-electron chi connectivity index (χ2n) is 3.05. The van der Waals surface area contributed by atoms with E-state index in [1.165, 1.54) is 29.3 Å². The monoisotopic (exact) mass is 267 g/mol. The van der Waals surface area contributed by atoms with E-state index < -0.39 is 0 Å². The van der Waals surface area contributed by atoms with Gasteiger partial charge < -0.3 is 10.9 Å². The number of amidine groups is 1. The first-order valence-electron chi connectivity index (χ1n) is 4.59. The van der Waals surface area contributed by atoms with Crippen molar-refractivity contribution in [3.05, 3.63) is 29.2 Å². The summed E-state index contributed by atoms with van der Waals surface area (Å²) >= 11 is 2.85. The first kappa shape index (κ1) is 11.8. The zero-order valence-corrected chi connectivity index (χ0v) is 10.5. The van der Waals surface area contributed by atoms with Crippen LogP contribution in [0.15, 0.2) is 32.3 Å². The number of aromatic nitrogens is 3. The number of aryl methyl sites for hydroxylation is 1. The normalized spacial score (nSPS) is 11.7. The lowest BCUT2D eigenvalue weighted by Gasteiger charge is -2.02. The van der Waals surface area contributed by atoms with E-state index in [2.05, 4.69) is 20.1 Å². The van der Waals surface area contributed by atoms with Gasteiger partial charge in [-0.25, -0.2) is 15.0 Å². The van der Waals surface area contributed by atoms with Crippen molar-refractivity contribution in [2.75, 3.05) is 0 Å². The van der Waals surface area contributed by atoms with Crippen LogP contribution in [0.1, 0.15) is 11.4 Å². The summed E-state index contributed by atoms with van der Waals surface area (Å²) < 4.78 is 0.843. The van der Waals surface area contributed by atoms with Crippen LogP contribution in [0.2, 0.25) is 0 Å². The van der Waals surface area contributed by atoms with Gasteiger partial charge in [0.25, 0.3) is 0 Å². The zero-order valence-electron chi connectivity index (χ0n) is 8.86. The molecule has 0 aliphatic carbocycles. The summed E-state index contributed by atoms with van der Waals surface area (Å²) in [4.78, 5) is 12.5. The average Bonchev–Trinajstić information content (AvgIpc) is 2.74. The summed E-state index contributed by atoms with van der Waals surface area (Å²) in [7, 11) is 0. The average molecular weight is 267 g/mol. The Labute approximate surface area is 106 Å². The predicted molar refractivity (Wildman–Crippen MR) is 65.5 cm³/mol. The van der Waals surface area contributed by atoms with Gasteiger partial charge in [-0.3, -0.25) is 0 Å². The molecule has 0 saturated carbocycles. The maximum absolute atomic E-state index is 8.66. The number of hydrogen-bond donors (Lipinski definition) is 2. The number of rotatable bonds is 3. The van der Waals surface area contributed by atoms with Gasteiger partial charge in [-0.15, -0.1) is 11.3 Å². The standard InChI is InChI=1S/C9H9N5OS2/c1-5-4-16-9(13-5)17-8-6(7(10)14-15)11-2-3-12-8/h2-4,15H,1H3,(H2,10,14). The summed E-state index contributed by atoms with van der Waals surface area (Å²) in [5, 5.41) is 14.1. The zero-order chi connectivity index (χ0) is 12.3. The van der Waals surface area contributed by atoms with Crippen LogP contribution < -0.4 is 5.73 Å². The van der Waals surface area contributed by atoms with Gasteiger partial charge in [0.2, 0.25) is 0 Å². The fourth-order valence-corrected chi connectivity index (χ4v) is 2.90. The Balaban J connectivity index is 2.32. The van der Waals surface area contributed by atoms with Crippen LogP contribution in [0, 0.1) is 6.92 Å². The molecule has 0 unspecified atom stereocenters. The van der Waals surface area contributed by atoms with Crippen molar-refractivity contribution in [2.45, 2.75) is 16.3 Å². The highest BCUT2D eigenvalue weighted by Gasteiger charge is 2.12. The van der Waals surface area contributed by atoms with Crippen molar-refractivity contribution >= 4 is 28.9 Å². The number of nitrogens with zero attached hydrogens (tertiary/aromatic N) is 4. The molecular weight excluding hydrogens is 258 g/mol. The second-order valence-corrected chi connectivity index (χ2v) is 5.15. The van der Waals surface area contributed by atoms with Crippen LogP contribution in [0.3, 0.4) is 0 Å². The lowest BCUT2D eigenvalue weighted by atomic mass is 10.4. The molecule has 0 aromatic carbocycles. The molecule has 0 atom stereocenters. The van der Waals surface area contributed by atoms with Crippen molar-refractivity contribution in [1.29, 1.82) is 0 Å². The minimum atomic E-state index is -0.0612. The van der Waals surface area contributed by atoms with Crippen LogP contribution in [0.4, 0.5) is 0 Å². The van der Waals surface area contributed by atoms with Gasteiger partial charge in [0.1, 0.15) is 10.7 Å².